The van der Waals surface area contributed by atoms with Gasteiger partial charge in [0.05, 0.1) is 0 Å². The summed E-state index contributed by atoms with van der Waals surface area (Å²) in [6.45, 7) is 2.22. The standard InChI is InChI=1S/C14H23NO/c1-2-3-4-5-6-13(15)11-12-7-9-14(16)10-8-12/h7-10,13,16H,2-6,11,15H2,1H3. The molecule has 0 bridgehead atoms. The van der Waals surface area contributed by atoms with Gasteiger partial charge in [-0.05, 0) is 30.5 Å². The normalized spacial score (nSPS) is 12.6. The molecule has 0 spiro atoms. The van der Waals surface area contributed by atoms with Crippen LogP contribution in [0.4, 0.5) is 0 Å². The zero-order valence-electron chi connectivity index (χ0n) is 10.2. The van der Waals surface area contributed by atoms with E-state index in [0.29, 0.717) is 5.75 Å². The van der Waals surface area contributed by atoms with Gasteiger partial charge >= 0.3 is 0 Å². The number of nitrogens with two attached hydrogens (primary N) is 1. The van der Waals surface area contributed by atoms with Crippen LogP contribution in [0, 0.1) is 0 Å². The van der Waals surface area contributed by atoms with E-state index in [4.69, 9.17) is 10.8 Å². The molecule has 0 aliphatic rings. The summed E-state index contributed by atoms with van der Waals surface area (Å²) in [5, 5.41) is 9.16. The second kappa shape index (κ2) is 7.29. The molecule has 0 heterocycles. The minimum Gasteiger partial charge on any atom is -0.508 e. The molecule has 1 unspecified atom stereocenters. The van der Waals surface area contributed by atoms with Crippen LogP contribution < -0.4 is 5.73 Å². The molecule has 0 saturated heterocycles. The molecule has 0 aliphatic carbocycles. The van der Waals surface area contributed by atoms with E-state index in [0.717, 1.165) is 12.8 Å². The second-order valence-electron chi connectivity index (χ2n) is 4.48. The van der Waals surface area contributed by atoms with Crippen molar-refractivity contribution < 1.29 is 5.11 Å². The summed E-state index contributed by atoms with van der Waals surface area (Å²) in [6, 6.07) is 7.59. The first-order valence-corrected chi connectivity index (χ1v) is 6.26. The maximum absolute atomic E-state index is 9.16. The Morgan fingerprint density at radius 2 is 1.81 bits per heavy atom. The van der Waals surface area contributed by atoms with Crippen LogP contribution in [-0.4, -0.2) is 11.1 Å². The summed E-state index contributed by atoms with van der Waals surface area (Å²) >= 11 is 0. The lowest BCUT2D eigenvalue weighted by molar-refractivity contribution is 0.474. The van der Waals surface area contributed by atoms with Gasteiger partial charge in [-0.25, -0.2) is 0 Å². The van der Waals surface area contributed by atoms with Crippen molar-refractivity contribution >= 4 is 0 Å². The highest BCUT2D eigenvalue weighted by molar-refractivity contribution is 5.26. The number of rotatable bonds is 7. The molecule has 16 heavy (non-hydrogen) atoms. The fourth-order valence-corrected chi connectivity index (χ4v) is 1.87. The third kappa shape index (κ3) is 5.17. The van der Waals surface area contributed by atoms with Crippen LogP contribution in [0.25, 0.3) is 0 Å². The van der Waals surface area contributed by atoms with Gasteiger partial charge in [0.2, 0.25) is 0 Å². The predicted octanol–water partition coefficient (Wildman–Crippen LogP) is 3.23. The zero-order chi connectivity index (χ0) is 11.8. The SMILES string of the molecule is CCCCCCC(N)Cc1ccc(O)cc1. The summed E-state index contributed by atoms with van der Waals surface area (Å²) in [6.07, 6.45) is 7.11. The summed E-state index contributed by atoms with van der Waals surface area (Å²) in [7, 11) is 0. The first-order chi connectivity index (χ1) is 7.72. The Morgan fingerprint density at radius 1 is 1.12 bits per heavy atom. The number of phenols is 1. The van der Waals surface area contributed by atoms with Crippen molar-refractivity contribution in [3.63, 3.8) is 0 Å². The highest BCUT2D eigenvalue weighted by Crippen LogP contribution is 2.13. The van der Waals surface area contributed by atoms with E-state index < -0.39 is 0 Å². The summed E-state index contributed by atoms with van der Waals surface area (Å²) in [5.74, 6) is 0.320. The van der Waals surface area contributed by atoms with Crippen molar-refractivity contribution in [1.29, 1.82) is 0 Å². The molecular formula is C14H23NO. The number of phenolic OH excluding ortho intramolecular Hbond substituents is 1. The quantitative estimate of drug-likeness (QED) is 0.694. The molecular weight excluding hydrogens is 198 g/mol. The Morgan fingerprint density at radius 3 is 2.44 bits per heavy atom. The summed E-state index contributed by atoms with van der Waals surface area (Å²) in [4.78, 5) is 0. The average Bonchev–Trinajstić information content (AvgIpc) is 2.28. The van der Waals surface area contributed by atoms with Crippen LogP contribution in [0.2, 0.25) is 0 Å². The number of benzene rings is 1. The molecule has 1 rings (SSSR count). The lowest BCUT2D eigenvalue weighted by Crippen LogP contribution is -2.22. The number of hydrogen-bond donors (Lipinski definition) is 2. The van der Waals surface area contributed by atoms with E-state index in [1.54, 1.807) is 12.1 Å². The lowest BCUT2D eigenvalue weighted by Gasteiger charge is -2.11. The van der Waals surface area contributed by atoms with Crippen LogP contribution >= 0.6 is 0 Å². The van der Waals surface area contributed by atoms with Crippen LogP contribution in [-0.2, 0) is 6.42 Å². The molecule has 1 aromatic carbocycles. The molecule has 0 aliphatic heterocycles. The number of hydrogen-bond acceptors (Lipinski definition) is 2. The Balaban J connectivity index is 2.23. The van der Waals surface area contributed by atoms with E-state index in [1.165, 1.54) is 31.2 Å². The maximum atomic E-state index is 9.16. The van der Waals surface area contributed by atoms with E-state index in [9.17, 15) is 0 Å². The topological polar surface area (TPSA) is 46.2 Å². The van der Waals surface area contributed by atoms with E-state index in [2.05, 4.69) is 6.92 Å². The van der Waals surface area contributed by atoms with Crippen LogP contribution in [0.5, 0.6) is 5.75 Å². The molecule has 0 fully saturated rings. The first-order valence-electron chi connectivity index (χ1n) is 6.26. The van der Waals surface area contributed by atoms with Gasteiger partial charge in [-0.2, -0.15) is 0 Å². The third-order valence-electron chi connectivity index (χ3n) is 2.86. The molecule has 0 radical (unpaired) electrons. The van der Waals surface area contributed by atoms with Crippen molar-refractivity contribution in [2.45, 2.75) is 51.5 Å². The minimum atomic E-state index is 0.251. The molecule has 3 N–H and O–H groups in total. The second-order valence-corrected chi connectivity index (χ2v) is 4.48. The van der Waals surface area contributed by atoms with Crippen molar-refractivity contribution in [2.24, 2.45) is 5.73 Å². The zero-order valence-corrected chi connectivity index (χ0v) is 10.2. The third-order valence-corrected chi connectivity index (χ3v) is 2.86. The van der Waals surface area contributed by atoms with Gasteiger partial charge in [0.1, 0.15) is 5.75 Å². The van der Waals surface area contributed by atoms with Gasteiger partial charge in [0, 0.05) is 6.04 Å². The Hall–Kier alpha value is -1.02. The largest absolute Gasteiger partial charge is 0.508 e. The Labute approximate surface area is 98.5 Å². The van der Waals surface area contributed by atoms with Gasteiger partial charge in [-0.1, -0.05) is 44.7 Å². The van der Waals surface area contributed by atoms with Gasteiger partial charge in [-0.15, -0.1) is 0 Å². The molecule has 2 nitrogen and oxygen atoms in total. The van der Waals surface area contributed by atoms with Crippen LogP contribution in [0.15, 0.2) is 24.3 Å². The predicted molar refractivity (Wildman–Crippen MR) is 68.5 cm³/mol. The average molecular weight is 221 g/mol. The lowest BCUT2D eigenvalue weighted by atomic mass is 10.0. The van der Waals surface area contributed by atoms with Gasteiger partial charge in [-0.3, -0.25) is 0 Å². The molecule has 0 aromatic heterocycles. The Bertz CT molecular complexity index is 281. The van der Waals surface area contributed by atoms with E-state index >= 15 is 0 Å². The van der Waals surface area contributed by atoms with Crippen molar-refractivity contribution in [1.82, 2.24) is 0 Å². The molecule has 0 amide bonds. The van der Waals surface area contributed by atoms with Crippen molar-refractivity contribution in [2.75, 3.05) is 0 Å². The number of unbranched alkanes of at least 4 members (excludes halogenated alkanes) is 3. The van der Waals surface area contributed by atoms with Gasteiger partial charge in [0.25, 0.3) is 0 Å². The highest BCUT2D eigenvalue weighted by Gasteiger charge is 2.03. The van der Waals surface area contributed by atoms with E-state index in [-0.39, 0.29) is 6.04 Å². The fourth-order valence-electron chi connectivity index (χ4n) is 1.87. The monoisotopic (exact) mass is 221 g/mol. The fraction of sp³-hybridized carbons (Fsp3) is 0.571. The molecule has 90 valence electrons. The molecule has 0 saturated carbocycles. The smallest absolute Gasteiger partial charge is 0.115 e. The molecule has 1 atom stereocenters. The maximum Gasteiger partial charge on any atom is 0.115 e. The van der Waals surface area contributed by atoms with Crippen LogP contribution in [0.3, 0.4) is 0 Å². The Kier molecular flexibility index (Phi) is 5.94. The molecule has 1 aromatic rings. The summed E-state index contributed by atoms with van der Waals surface area (Å²) < 4.78 is 0. The van der Waals surface area contributed by atoms with Gasteiger partial charge < -0.3 is 10.8 Å². The first kappa shape index (κ1) is 13.0. The summed E-state index contributed by atoms with van der Waals surface area (Å²) in [5.41, 5.74) is 7.27. The van der Waals surface area contributed by atoms with Crippen molar-refractivity contribution in [3.8, 4) is 5.75 Å². The minimum absolute atomic E-state index is 0.251. The van der Waals surface area contributed by atoms with Gasteiger partial charge in [0.15, 0.2) is 0 Å². The van der Waals surface area contributed by atoms with E-state index in [1.807, 2.05) is 12.1 Å². The van der Waals surface area contributed by atoms with Crippen molar-refractivity contribution in [3.05, 3.63) is 29.8 Å². The van der Waals surface area contributed by atoms with Crippen LogP contribution in [0.1, 0.15) is 44.6 Å². The molecule has 2 heteroatoms. The highest BCUT2D eigenvalue weighted by atomic mass is 16.3. The number of aromatic hydroxyl groups is 1.